The minimum atomic E-state index is -3.83. The molecule has 1 aliphatic rings. The number of hydrogen-bond acceptors (Lipinski definition) is 5. The Labute approximate surface area is 178 Å². The van der Waals surface area contributed by atoms with Crippen molar-refractivity contribution >= 4 is 21.6 Å². The Morgan fingerprint density at radius 2 is 1.97 bits per heavy atom. The zero-order chi connectivity index (χ0) is 21.6. The average Bonchev–Trinajstić information content (AvgIpc) is 3.26. The lowest BCUT2D eigenvalue weighted by Gasteiger charge is -2.24. The quantitative estimate of drug-likeness (QED) is 0.657. The van der Waals surface area contributed by atoms with Gasteiger partial charge in [0.05, 0.1) is 18.1 Å². The van der Waals surface area contributed by atoms with E-state index in [9.17, 15) is 13.2 Å². The number of rotatable bonds is 9. The molecule has 1 atom stereocenters. The molecule has 1 aliphatic heterocycles. The van der Waals surface area contributed by atoms with E-state index in [2.05, 4.69) is 4.72 Å². The average molecular weight is 433 g/mol. The highest BCUT2D eigenvalue weighted by molar-refractivity contribution is 7.92. The summed E-state index contributed by atoms with van der Waals surface area (Å²) in [4.78, 5) is 14.7. The summed E-state index contributed by atoms with van der Waals surface area (Å²) >= 11 is 0. The van der Waals surface area contributed by atoms with E-state index >= 15 is 0 Å². The molecule has 1 amide bonds. The van der Waals surface area contributed by atoms with Crippen molar-refractivity contribution in [2.75, 3.05) is 37.6 Å². The summed E-state index contributed by atoms with van der Waals surface area (Å²) in [6.45, 7) is 6.88. The van der Waals surface area contributed by atoms with Gasteiger partial charge in [0, 0.05) is 36.9 Å². The van der Waals surface area contributed by atoms with Crippen LogP contribution in [0.4, 0.5) is 5.69 Å². The van der Waals surface area contributed by atoms with Crippen molar-refractivity contribution in [2.45, 2.75) is 25.2 Å². The van der Waals surface area contributed by atoms with Crippen LogP contribution in [-0.4, -0.2) is 52.1 Å². The molecule has 0 aliphatic carbocycles. The fraction of sp³-hybridized carbons (Fsp3) is 0.409. The molecule has 0 saturated carbocycles. The maximum absolute atomic E-state index is 13.0. The molecule has 8 heteroatoms. The molecule has 0 aromatic heterocycles. The van der Waals surface area contributed by atoms with Gasteiger partial charge in [0.15, 0.2) is 0 Å². The van der Waals surface area contributed by atoms with E-state index in [-0.39, 0.29) is 10.8 Å². The monoisotopic (exact) mass is 432 g/mol. The number of anilines is 1. The SMILES string of the molecule is CCOc1ccc(NS(=O)(=O)c2cccc(C(=O)N(CC)CC3CCOC3)c2)cc1. The fourth-order valence-corrected chi connectivity index (χ4v) is 4.48. The first-order chi connectivity index (χ1) is 14.4. The normalized spacial score (nSPS) is 16.3. The summed E-state index contributed by atoms with van der Waals surface area (Å²) in [5, 5.41) is 0. The van der Waals surface area contributed by atoms with Crippen LogP contribution in [0.3, 0.4) is 0 Å². The molecule has 162 valence electrons. The van der Waals surface area contributed by atoms with Gasteiger partial charge < -0.3 is 14.4 Å². The standard InChI is InChI=1S/C22H28N2O5S/c1-3-24(15-17-12-13-28-16-17)22(25)18-6-5-7-21(14-18)30(26,27)23-19-8-10-20(11-9-19)29-4-2/h5-11,14,17,23H,3-4,12-13,15-16H2,1-2H3. The smallest absolute Gasteiger partial charge is 0.261 e. The molecule has 30 heavy (non-hydrogen) atoms. The number of benzene rings is 2. The third-order valence-electron chi connectivity index (χ3n) is 4.98. The maximum atomic E-state index is 13.0. The van der Waals surface area contributed by atoms with Crippen molar-refractivity contribution in [1.82, 2.24) is 4.90 Å². The number of nitrogens with one attached hydrogen (secondary N) is 1. The molecule has 0 spiro atoms. The molecule has 0 bridgehead atoms. The van der Waals surface area contributed by atoms with Gasteiger partial charge in [-0.2, -0.15) is 0 Å². The van der Waals surface area contributed by atoms with Crippen molar-refractivity contribution in [3.63, 3.8) is 0 Å². The first kappa shape index (κ1) is 22.1. The van der Waals surface area contributed by atoms with E-state index in [1.165, 1.54) is 12.1 Å². The third kappa shape index (κ3) is 5.52. The summed E-state index contributed by atoms with van der Waals surface area (Å²) in [5.41, 5.74) is 0.775. The van der Waals surface area contributed by atoms with E-state index in [0.717, 1.165) is 13.0 Å². The first-order valence-electron chi connectivity index (χ1n) is 10.2. The minimum Gasteiger partial charge on any atom is -0.494 e. The highest BCUT2D eigenvalue weighted by atomic mass is 32.2. The van der Waals surface area contributed by atoms with Gasteiger partial charge in [0.2, 0.25) is 0 Å². The van der Waals surface area contributed by atoms with Gasteiger partial charge in [-0.25, -0.2) is 8.42 Å². The summed E-state index contributed by atoms with van der Waals surface area (Å²) < 4.78 is 39.0. The Bertz CT molecular complexity index is 954. The van der Waals surface area contributed by atoms with Gasteiger partial charge in [0.25, 0.3) is 15.9 Å². The minimum absolute atomic E-state index is 0.0440. The molecule has 1 unspecified atom stereocenters. The lowest BCUT2D eigenvalue weighted by molar-refractivity contribution is 0.0730. The van der Waals surface area contributed by atoms with Crippen LogP contribution in [0.5, 0.6) is 5.75 Å². The summed E-state index contributed by atoms with van der Waals surface area (Å²) in [6, 6.07) is 12.8. The molecule has 2 aromatic carbocycles. The predicted octanol–water partition coefficient (Wildman–Crippen LogP) is 3.38. The molecule has 1 saturated heterocycles. The van der Waals surface area contributed by atoms with Gasteiger partial charge >= 0.3 is 0 Å². The summed E-state index contributed by atoms with van der Waals surface area (Å²) in [6.07, 6.45) is 0.935. The van der Waals surface area contributed by atoms with Crippen LogP contribution in [0, 0.1) is 5.92 Å². The lowest BCUT2D eigenvalue weighted by atomic mass is 10.1. The molecular weight excluding hydrogens is 404 g/mol. The first-order valence-corrected chi connectivity index (χ1v) is 11.6. The molecule has 0 radical (unpaired) electrons. The van der Waals surface area contributed by atoms with Gasteiger partial charge in [-0.1, -0.05) is 6.07 Å². The largest absolute Gasteiger partial charge is 0.494 e. The van der Waals surface area contributed by atoms with E-state index in [1.807, 2.05) is 13.8 Å². The van der Waals surface area contributed by atoms with Crippen molar-refractivity contribution in [3.05, 3.63) is 54.1 Å². The Balaban J connectivity index is 1.74. The Morgan fingerprint density at radius 3 is 2.60 bits per heavy atom. The Hall–Kier alpha value is -2.58. The summed E-state index contributed by atoms with van der Waals surface area (Å²) in [7, 11) is -3.83. The second-order valence-electron chi connectivity index (χ2n) is 7.16. The van der Waals surface area contributed by atoms with Gasteiger partial charge in [0.1, 0.15) is 5.75 Å². The molecule has 1 fully saturated rings. The van der Waals surface area contributed by atoms with Crippen LogP contribution in [0.1, 0.15) is 30.6 Å². The maximum Gasteiger partial charge on any atom is 0.261 e. The van der Waals surface area contributed by atoms with Gasteiger partial charge in [-0.05, 0) is 62.7 Å². The van der Waals surface area contributed by atoms with E-state index < -0.39 is 10.0 Å². The van der Waals surface area contributed by atoms with Crippen LogP contribution in [-0.2, 0) is 14.8 Å². The zero-order valence-electron chi connectivity index (χ0n) is 17.3. The van der Waals surface area contributed by atoms with Gasteiger partial charge in [-0.3, -0.25) is 9.52 Å². The van der Waals surface area contributed by atoms with Crippen LogP contribution in [0.2, 0.25) is 0 Å². The van der Waals surface area contributed by atoms with Crippen LogP contribution in [0.25, 0.3) is 0 Å². The fourth-order valence-electron chi connectivity index (χ4n) is 3.37. The second-order valence-corrected chi connectivity index (χ2v) is 8.85. The van der Waals surface area contributed by atoms with Crippen molar-refractivity contribution in [3.8, 4) is 5.75 Å². The predicted molar refractivity (Wildman–Crippen MR) is 115 cm³/mol. The number of amides is 1. The highest BCUT2D eigenvalue weighted by Crippen LogP contribution is 2.21. The van der Waals surface area contributed by atoms with E-state index in [0.29, 0.717) is 49.2 Å². The molecule has 3 rings (SSSR count). The topological polar surface area (TPSA) is 84.9 Å². The van der Waals surface area contributed by atoms with Crippen molar-refractivity contribution < 1.29 is 22.7 Å². The van der Waals surface area contributed by atoms with Crippen LogP contribution >= 0.6 is 0 Å². The lowest BCUT2D eigenvalue weighted by Crippen LogP contribution is -2.35. The third-order valence-corrected chi connectivity index (χ3v) is 6.36. The van der Waals surface area contributed by atoms with Crippen LogP contribution in [0.15, 0.2) is 53.4 Å². The zero-order valence-corrected chi connectivity index (χ0v) is 18.2. The summed E-state index contributed by atoms with van der Waals surface area (Å²) in [5.74, 6) is 0.810. The molecule has 1 N–H and O–H groups in total. The van der Waals surface area contributed by atoms with E-state index in [4.69, 9.17) is 9.47 Å². The highest BCUT2D eigenvalue weighted by Gasteiger charge is 2.23. The van der Waals surface area contributed by atoms with Crippen LogP contribution < -0.4 is 9.46 Å². The van der Waals surface area contributed by atoms with E-state index in [1.54, 1.807) is 41.3 Å². The van der Waals surface area contributed by atoms with Crippen molar-refractivity contribution in [2.24, 2.45) is 5.92 Å². The molecular formula is C22H28N2O5S. The number of hydrogen-bond donors (Lipinski definition) is 1. The number of nitrogens with zero attached hydrogens (tertiary/aromatic N) is 1. The molecule has 2 aromatic rings. The number of sulfonamides is 1. The number of carbonyl (C=O) groups excluding carboxylic acids is 1. The van der Waals surface area contributed by atoms with Gasteiger partial charge in [-0.15, -0.1) is 0 Å². The molecule has 7 nitrogen and oxygen atoms in total. The molecule has 1 heterocycles. The Morgan fingerprint density at radius 1 is 1.20 bits per heavy atom. The van der Waals surface area contributed by atoms with Crippen molar-refractivity contribution in [1.29, 1.82) is 0 Å². The Kier molecular flexibility index (Phi) is 7.33. The second kappa shape index (κ2) is 9.95. The number of ether oxygens (including phenoxy) is 2. The number of carbonyl (C=O) groups is 1.